The minimum atomic E-state index is -0.382. The molecule has 1 saturated heterocycles. The Hall–Kier alpha value is -4.00. The zero-order valence-corrected chi connectivity index (χ0v) is 22.1. The van der Waals surface area contributed by atoms with Crippen LogP contribution in [0.25, 0.3) is 10.8 Å². The molecule has 1 aliphatic rings. The van der Waals surface area contributed by atoms with Crippen molar-refractivity contribution in [2.75, 3.05) is 26.2 Å². The monoisotopic (exact) mass is 520 g/mol. The third kappa shape index (κ3) is 6.53. The Labute approximate surface area is 230 Å². The maximum Gasteiger partial charge on any atom is 0.251 e. The summed E-state index contributed by atoms with van der Waals surface area (Å²) < 4.78 is 0. The molecule has 0 radical (unpaired) electrons. The molecular weight excluding hydrogens is 484 g/mol. The Morgan fingerprint density at radius 2 is 1.54 bits per heavy atom. The molecule has 0 aliphatic carbocycles. The summed E-state index contributed by atoms with van der Waals surface area (Å²) in [6, 6.07) is 34.0. The van der Waals surface area contributed by atoms with E-state index in [0.29, 0.717) is 38.2 Å². The first kappa shape index (κ1) is 26.6. The van der Waals surface area contributed by atoms with E-state index in [4.69, 9.17) is 5.73 Å². The van der Waals surface area contributed by atoms with Crippen LogP contribution in [-0.4, -0.2) is 55.0 Å². The predicted octanol–water partition coefficient (Wildman–Crippen LogP) is 4.31. The highest BCUT2D eigenvalue weighted by Crippen LogP contribution is 2.27. The Morgan fingerprint density at radius 1 is 0.897 bits per heavy atom. The minimum Gasteiger partial charge on any atom is -0.350 e. The molecule has 1 aliphatic heterocycles. The number of nitrogens with one attached hydrogen (secondary N) is 2. The van der Waals surface area contributed by atoms with E-state index >= 15 is 0 Å². The maximum atomic E-state index is 13.7. The smallest absolute Gasteiger partial charge is 0.251 e. The molecule has 2 amide bonds. The summed E-state index contributed by atoms with van der Waals surface area (Å²) in [7, 11) is 0. The Kier molecular flexibility index (Phi) is 8.66. The van der Waals surface area contributed by atoms with Crippen molar-refractivity contribution in [1.82, 2.24) is 15.5 Å². The lowest BCUT2D eigenvalue weighted by atomic mass is 9.90. The Bertz CT molecular complexity index is 1350. The van der Waals surface area contributed by atoms with E-state index in [1.807, 2.05) is 83.8 Å². The van der Waals surface area contributed by atoms with Crippen LogP contribution in [0.15, 0.2) is 103 Å². The molecule has 0 bridgehead atoms. The number of carbonyl (C=O) groups excluding carboxylic acids is 2. The van der Waals surface area contributed by atoms with E-state index in [1.54, 1.807) is 0 Å². The summed E-state index contributed by atoms with van der Waals surface area (Å²) in [6.45, 7) is 2.05. The Balaban J connectivity index is 1.29. The molecule has 6 heteroatoms. The minimum absolute atomic E-state index is 0.0354. The molecule has 0 aromatic heterocycles. The number of nitrogens with two attached hydrogens (primary N) is 1. The summed E-state index contributed by atoms with van der Waals surface area (Å²) in [5.41, 5.74) is 8.91. The van der Waals surface area contributed by atoms with Crippen molar-refractivity contribution < 1.29 is 9.59 Å². The molecule has 4 aromatic carbocycles. The fourth-order valence-corrected chi connectivity index (χ4v) is 5.44. The summed E-state index contributed by atoms with van der Waals surface area (Å²) in [5, 5.41) is 8.72. The van der Waals surface area contributed by atoms with E-state index in [1.165, 1.54) is 11.1 Å². The SMILES string of the molecule is NCC[C@@H]1N[C@H](CNC(=O)c2ccc3ccccc3c2)CCN(CC(c2ccccc2)c2ccccc2)C1=O. The standard InChI is InChI=1S/C33H36N4O2/c34-19-17-31-33(39)37(23-30(25-10-3-1-4-11-25)26-12-5-2-6-13-26)20-18-29(36-31)22-35-32(38)28-16-15-24-9-7-8-14-27(24)21-28/h1-16,21,29-31,36H,17-20,22-23,34H2,(H,35,38)/t29-,31-/m0/s1. The van der Waals surface area contributed by atoms with Crippen LogP contribution in [0.2, 0.25) is 0 Å². The first-order valence-corrected chi connectivity index (χ1v) is 13.7. The van der Waals surface area contributed by atoms with Crippen molar-refractivity contribution >= 4 is 22.6 Å². The number of benzene rings is 4. The molecular formula is C33H36N4O2. The average Bonchev–Trinajstić information content (AvgIpc) is 3.13. The summed E-state index contributed by atoms with van der Waals surface area (Å²) in [4.78, 5) is 28.6. The average molecular weight is 521 g/mol. The molecule has 2 atom stereocenters. The second-order valence-electron chi connectivity index (χ2n) is 10.2. The zero-order valence-electron chi connectivity index (χ0n) is 22.1. The number of hydrogen-bond acceptors (Lipinski definition) is 4. The lowest BCUT2D eigenvalue weighted by Gasteiger charge is -2.29. The molecule has 0 saturated carbocycles. The second-order valence-corrected chi connectivity index (χ2v) is 10.2. The first-order chi connectivity index (χ1) is 19.1. The number of amides is 2. The molecule has 200 valence electrons. The van der Waals surface area contributed by atoms with E-state index in [0.717, 1.165) is 17.2 Å². The van der Waals surface area contributed by atoms with Gasteiger partial charge in [0.2, 0.25) is 5.91 Å². The van der Waals surface area contributed by atoms with Gasteiger partial charge in [-0.1, -0.05) is 91.0 Å². The van der Waals surface area contributed by atoms with Gasteiger partial charge in [0.25, 0.3) is 5.91 Å². The molecule has 0 spiro atoms. The quantitative estimate of drug-likeness (QED) is 0.307. The van der Waals surface area contributed by atoms with Crippen molar-refractivity contribution in [1.29, 1.82) is 0 Å². The lowest BCUT2D eigenvalue weighted by Crippen LogP contribution is -2.49. The number of nitrogens with zero attached hydrogens (tertiary/aromatic N) is 1. The topological polar surface area (TPSA) is 87.5 Å². The summed E-state index contributed by atoms with van der Waals surface area (Å²) >= 11 is 0. The highest BCUT2D eigenvalue weighted by Gasteiger charge is 2.32. The van der Waals surface area contributed by atoms with Crippen LogP contribution in [0.3, 0.4) is 0 Å². The molecule has 4 N–H and O–H groups in total. The first-order valence-electron chi connectivity index (χ1n) is 13.7. The zero-order chi connectivity index (χ0) is 27.0. The number of hydrogen-bond donors (Lipinski definition) is 3. The van der Waals surface area contributed by atoms with Crippen LogP contribution in [0, 0.1) is 0 Å². The summed E-state index contributed by atoms with van der Waals surface area (Å²) in [5.74, 6) is 0.0262. The van der Waals surface area contributed by atoms with Crippen LogP contribution in [0.5, 0.6) is 0 Å². The van der Waals surface area contributed by atoms with Crippen LogP contribution < -0.4 is 16.4 Å². The fourth-order valence-electron chi connectivity index (χ4n) is 5.44. The van der Waals surface area contributed by atoms with Crippen molar-refractivity contribution in [3.05, 3.63) is 120 Å². The number of fused-ring (bicyclic) bond motifs is 1. The summed E-state index contributed by atoms with van der Waals surface area (Å²) in [6.07, 6.45) is 1.28. The van der Waals surface area contributed by atoms with Crippen molar-refractivity contribution in [3.63, 3.8) is 0 Å². The largest absolute Gasteiger partial charge is 0.350 e. The highest BCUT2D eigenvalue weighted by molar-refractivity contribution is 5.98. The van der Waals surface area contributed by atoms with Crippen LogP contribution in [0.1, 0.15) is 40.2 Å². The van der Waals surface area contributed by atoms with Crippen LogP contribution in [-0.2, 0) is 4.79 Å². The van der Waals surface area contributed by atoms with Gasteiger partial charge in [-0.15, -0.1) is 0 Å². The molecule has 5 rings (SSSR count). The van der Waals surface area contributed by atoms with Crippen LogP contribution >= 0.6 is 0 Å². The second kappa shape index (κ2) is 12.7. The van der Waals surface area contributed by atoms with Gasteiger partial charge in [0.1, 0.15) is 0 Å². The van der Waals surface area contributed by atoms with Crippen LogP contribution in [0.4, 0.5) is 0 Å². The molecule has 1 heterocycles. The highest BCUT2D eigenvalue weighted by atomic mass is 16.2. The van der Waals surface area contributed by atoms with Crippen molar-refractivity contribution in [2.45, 2.75) is 30.8 Å². The predicted molar refractivity (Wildman–Crippen MR) is 157 cm³/mol. The van der Waals surface area contributed by atoms with Gasteiger partial charge in [-0.05, 0) is 53.4 Å². The maximum absolute atomic E-state index is 13.7. The van der Waals surface area contributed by atoms with Gasteiger partial charge >= 0.3 is 0 Å². The molecule has 39 heavy (non-hydrogen) atoms. The molecule has 0 unspecified atom stereocenters. The number of carbonyl (C=O) groups is 2. The lowest BCUT2D eigenvalue weighted by molar-refractivity contribution is -0.133. The number of rotatable bonds is 9. The molecule has 1 fully saturated rings. The molecule has 4 aromatic rings. The normalized spacial score (nSPS) is 17.8. The fraction of sp³-hybridized carbons (Fsp3) is 0.273. The van der Waals surface area contributed by atoms with E-state index in [-0.39, 0.29) is 29.8 Å². The van der Waals surface area contributed by atoms with Gasteiger partial charge in [-0.2, -0.15) is 0 Å². The third-order valence-corrected chi connectivity index (χ3v) is 7.58. The van der Waals surface area contributed by atoms with E-state index < -0.39 is 0 Å². The van der Waals surface area contributed by atoms with Crippen molar-refractivity contribution in [3.8, 4) is 0 Å². The van der Waals surface area contributed by atoms with Gasteiger partial charge in [-0.25, -0.2) is 0 Å². The van der Waals surface area contributed by atoms with E-state index in [9.17, 15) is 9.59 Å². The van der Waals surface area contributed by atoms with Gasteiger partial charge < -0.3 is 21.3 Å². The van der Waals surface area contributed by atoms with Gasteiger partial charge in [-0.3, -0.25) is 9.59 Å². The Morgan fingerprint density at radius 3 is 2.21 bits per heavy atom. The van der Waals surface area contributed by atoms with Gasteiger partial charge in [0.15, 0.2) is 0 Å². The van der Waals surface area contributed by atoms with Crippen molar-refractivity contribution in [2.24, 2.45) is 5.73 Å². The van der Waals surface area contributed by atoms with Gasteiger partial charge in [0, 0.05) is 37.2 Å². The third-order valence-electron chi connectivity index (χ3n) is 7.58. The van der Waals surface area contributed by atoms with Gasteiger partial charge in [0.05, 0.1) is 6.04 Å². The molecule has 6 nitrogen and oxygen atoms in total. The van der Waals surface area contributed by atoms with E-state index in [2.05, 4.69) is 34.9 Å².